The maximum absolute atomic E-state index is 12.4. The van der Waals surface area contributed by atoms with Crippen LogP contribution in [-0.4, -0.2) is 60.6 Å². The van der Waals surface area contributed by atoms with Crippen molar-refractivity contribution >= 4 is 17.5 Å². The number of amides is 1. The summed E-state index contributed by atoms with van der Waals surface area (Å²) >= 11 is 0. The highest BCUT2D eigenvalue weighted by Crippen LogP contribution is 2.16. The van der Waals surface area contributed by atoms with Gasteiger partial charge in [0.25, 0.3) is 5.91 Å². The van der Waals surface area contributed by atoms with E-state index < -0.39 is 0 Å². The van der Waals surface area contributed by atoms with Gasteiger partial charge in [-0.3, -0.25) is 4.79 Å². The molecule has 1 aromatic carbocycles. The van der Waals surface area contributed by atoms with Crippen LogP contribution in [0, 0.1) is 0 Å². The normalized spacial score (nSPS) is 15.0. The molecule has 1 fully saturated rings. The molecule has 3 rings (SSSR count). The lowest BCUT2D eigenvalue weighted by atomic mass is 10.3. The smallest absolute Gasteiger partial charge is 0.274 e. The number of carbonyl (C=O) groups is 1. The van der Waals surface area contributed by atoms with Gasteiger partial charge in [-0.25, -0.2) is 9.97 Å². The molecule has 1 aliphatic rings. The highest BCUT2D eigenvalue weighted by molar-refractivity contribution is 6.03. The Bertz CT molecular complexity index is 712. The molecule has 25 heavy (non-hydrogen) atoms. The minimum Gasteiger partial charge on any atom is -0.497 e. The summed E-state index contributed by atoms with van der Waals surface area (Å²) < 4.78 is 5.12. The molecular weight excluding hydrogens is 318 g/mol. The molecule has 0 bridgehead atoms. The summed E-state index contributed by atoms with van der Waals surface area (Å²) in [4.78, 5) is 25.7. The third-order valence-corrected chi connectivity index (χ3v) is 4.33. The highest BCUT2D eigenvalue weighted by atomic mass is 16.5. The number of hydrogen-bond donors (Lipinski definition) is 1. The molecule has 1 saturated heterocycles. The van der Waals surface area contributed by atoms with E-state index in [0.29, 0.717) is 17.3 Å². The van der Waals surface area contributed by atoms with Gasteiger partial charge in [0.1, 0.15) is 11.4 Å². The maximum atomic E-state index is 12.4. The molecule has 0 radical (unpaired) electrons. The van der Waals surface area contributed by atoms with Crippen molar-refractivity contribution in [3.63, 3.8) is 0 Å². The molecule has 1 N–H and O–H groups in total. The van der Waals surface area contributed by atoms with Gasteiger partial charge in [-0.2, -0.15) is 0 Å². The van der Waals surface area contributed by atoms with Crippen LogP contribution >= 0.6 is 0 Å². The minimum absolute atomic E-state index is 0.249. The fourth-order valence-electron chi connectivity index (χ4n) is 2.76. The van der Waals surface area contributed by atoms with Crippen molar-refractivity contribution < 1.29 is 9.53 Å². The van der Waals surface area contributed by atoms with Gasteiger partial charge in [0.2, 0.25) is 5.95 Å². The SMILES string of the molecule is CCN1CCN(c2nccc(C(=O)Nc3ccc(OC)cc3)n2)CC1. The van der Waals surface area contributed by atoms with Crippen LogP contribution in [0.25, 0.3) is 0 Å². The molecule has 2 aromatic rings. The Kier molecular flexibility index (Phi) is 5.45. The molecule has 1 aromatic heterocycles. The number of piperazine rings is 1. The number of rotatable bonds is 5. The number of nitrogens with zero attached hydrogens (tertiary/aromatic N) is 4. The van der Waals surface area contributed by atoms with Crippen LogP contribution < -0.4 is 15.0 Å². The van der Waals surface area contributed by atoms with E-state index in [9.17, 15) is 4.79 Å². The van der Waals surface area contributed by atoms with Crippen LogP contribution in [0.4, 0.5) is 11.6 Å². The third-order valence-electron chi connectivity index (χ3n) is 4.33. The lowest BCUT2D eigenvalue weighted by Crippen LogP contribution is -2.46. The molecule has 0 unspecified atom stereocenters. The Balaban J connectivity index is 1.67. The second-order valence-electron chi connectivity index (χ2n) is 5.85. The zero-order valence-corrected chi connectivity index (χ0v) is 14.6. The second-order valence-corrected chi connectivity index (χ2v) is 5.85. The average molecular weight is 341 g/mol. The predicted molar refractivity (Wildman–Crippen MR) is 97.3 cm³/mol. The molecule has 0 atom stereocenters. The monoisotopic (exact) mass is 341 g/mol. The first-order valence-electron chi connectivity index (χ1n) is 8.45. The highest BCUT2D eigenvalue weighted by Gasteiger charge is 2.19. The van der Waals surface area contributed by atoms with Crippen LogP contribution in [0.15, 0.2) is 36.5 Å². The first-order valence-corrected chi connectivity index (χ1v) is 8.45. The number of aromatic nitrogens is 2. The van der Waals surface area contributed by atoms with Crippen molar-refractivity contribution in [1.29, 1.82) is 0 Å². The quantitative estimate of drug-likeness (QED) is 0.895. The molecule has 7 nitrogen and oxygen atoms in total. The Morgan fingerprint density at radius 1 is 1.16 bits per heavy atom. The summed E-state index contributed by atoms with van der Waals surface area (Å²) in [7, 11) is 1.61. The van der Waals surface area contributed by atoms with E-state index in [1.54, 1.807) is 43.6 Å². The van der Waals surface area contributed by atoms with Crippen molar-refractivity contribution in [2.24, 2.45) is 0 Å². The number of likely N-dealkylation sites (N-methyl/N-ethyl adjacent to an activating group) is 1. The molecule has 1 aliphatic heterocycles. The second kappa shape index (κ2) is 7.94. The van der Waals surface area contributed by atoms with Crippen LogP contribution in [0.5, 0.6) is 5.75 Å². The van der Waals surface area contributed by atoms with E-state index in [4.69, 9.17) is 4.74 Å². The van der Waals surface area contributed by atoms with Gasteiger partial charge in [-0.05, 0) is 36.9 Å². The summed E-state index contributed by atoms with van der Waals surface area (Å²) in [6.45, 7) is 6.94. The molecule has 0 saturated carbocycles. The Labute approximate surface area is 147 Å². The topological polar surface area (TPSA) is 70.6 Å². The van der Waals surface area contributed by atoms with E-state index in [1.807, 2.05) is 0 Å². The van der Waals surface area contributed by atoms with Crippen LogP contribution in [-0.2, 0) is 0 Å². The fourth-order valence-corrected chi connectivity index (χ4v) is 2.76. The summed E-state index contributed by atoms with van der Waals surface area (Å²) in [6, 6.07) is 8.82. The standard InChI is InChI=1S/C18H23N5O2/c1-3-22-10-12-23(13-11-22)18-19-9-8-16(21-18)17(24)20-14-4-6-15(25-2)7-5-14/h4-9H,3,10-13H2,1-2H3,(H,20,24). The fraction of sp³-hybridized carbons (Fsp3) is 0.389. The van der Waals surface area contributed by atoms with E-state index in [-0.39, 0.29) is 5.91 Å². The van der Waals surface area contributed by atoms with E-state index >= 15 is 0 Å². The van der Waals surface area contributed by atoms with Gasteiger partial charge in [0.15, 0.2) is 0 Å². The van der Waals surface area contributed by atoms with Gasteiger partial charge >= 0.3 is 0 Å². The third kappa shape index (κ3) is 4.24. The Hall–Kier alpha value is -2.67. The number of anilines is 2. The van der Waals surface area contributed by atoms with Crippen LogP contribution in [0.3, 0.4) is 0 Å². The zero-order valence-electron chi connectivity index (χ0n) is 14.6. The van der Waals surface area contributed by atoms with Gasteiger partial charge < -0.3 is 19.9 Å². The van der Waals surface area contributed by atoms with E-state index in [2.05, 4.69) is 32.0 Å². The van der Waals surface area contributed by atoms with Crippen LogP contribution in [0.1, 0.15) is 17.4 Å². The van der Waals surface area contributed by atoms with Crippen molar-refractivity contribution in [1.82, 2.24) is 14.9 Å². The summed E-state index contributed by atoms with van der Waals surface area (Å²) in [6.07, 6.45) is 1.64. The van der Waals surface area contributed by atoms with Crippen molar-refractivity contribution in [3.05, 3.63) is 42.2 Å². The molecule has 0 spiro atoms. The Morgan fingerprint density at radius 3 is 2.52 bits per heavy atom. The molecule has 7 heteroatoms. The summed E-state index contributed by atoms with van der Waals surface area (Å²) in [5.74, 6) is 1.10. The van der Waals surface area contributed by atoms with Gasteiger partial charge in [-0.15, -0.1) is 0 Å². The van der Waals surface area contributed by atoms with E-state index in [1.165, 1.54) is 0 Å². The Morgan fingerprint density at radius 2 is 1.88 bits per heavy atom. The van der Waals surface area contributed by atoms with Crippen molar-refractivity contribution in [2.75, 3.05) is 50.1 Å². The lowest BCUT2D eigenvalue weighted by Gasteiger charge is -2.34. The number of methoxy groups -OCH3 is 1. The van der Waals surface area contributed by atoms with Gasteiger partial charge in [0.05, 0.1) is 7.11 Å². The van der Waals surface area contributed by atoms with Gasteiger partial charge in [0, 0.05) is 38.1 Å². The average Bonchev–Trinajstić information content (AvgIpc) is 2.68. The van der Waals surface area contributed by atoms with Crippen LogP contribution in [0.2, 0.25) is 0 Å². The van der Waals surface area contributed by atoms with E-state index in [0.717, 1.165) is 38.5 Å². The molecule has 132 valence electrons. The number of benzene rings is 1. The zero-order chi connectivity index (χ0) is 17.6. The summed E-state index contributed by atoms with van der Waals surface area (Å²) in [5.41, 5.74) is 1.06. The molecular formula is C18H23N5O2. The van der Waals surface area contributed by atoms with Crippen molar-refractivity contribution in [3.8, 4) is 5.75 Å². The lowest BCUT2D eigenvalue weighted by molar-refractivity contribution is 0.102. The number of hydrogen-bond acceptors (Lipinski definition) is 6. The number of ether oxygens (including phenoxy) is 1. The minimum atomic E-state index is -0.249. The number of carbonyl (C=O) groups excluding carboxylic acids is 1. The molecule has 0 aliphatic carbocycles. The predicted octanol–water partition coefficient (Wildman–Crippen LogP) is 1.88. The first-order chi connectivity index (χ1) is 12.2. The summed E-state index contributed by atoms with van der Waals surface area (Å²) in [5, 5.41) is 2.84. The first kappa shape index (κ1) is 17.2. The largest absolute Gasteiger partial charge is 0.497 e. The maximum Gasteiger partial charge on any atom is 0.274 e. The molecule has 1 amide bonds. The number of nitrogens with one attached hydrogen (secondary N) is 1. The van der Waals surface area contributed by atoms with Crippen molar-refractivity contribution in [2.45, 2.75) is 6.92 Å². The van der Waals surface area contributed by atoms with Gasteiger partial charge in [-0.1, -0.05) is 6.92 Å². The molecule has 2 heterocycles.